The summed E-state index contributed by atoms with van der Waals surface area (Å²) in [6.07, 6.45) is 0.0985. The fourth-order valence-corrected chi connectivity index (χ4v) is 3.20. The molecule has 6 nitrogen and oxygen atoms in total. The first-order valence-electron chi connectivity index (χ1n) is 7.39. The van der Waals surface area contributed by atoms with E-state index in [-0.39, 0.29) is 29.8 Å². The maximum Gasteiger partial charge on any atom is 0.338 e. The summed E-state index contributed by atoms with van der Waals surface area (Å²) in [5, 5.41) is 0.144. The van der Waals surface area contributed by atoms with Gasteiger partial charge >= 0.3 is 5.97 Å². The maximum atomic E-state index is 12.2. The van der Waals surface area contributed by atoms with Crippen LogP contribution in [0.3, 0.4) is 0 Å². The number of hydrogen-bond donors (Lipinski definition) is 0. The van der Waals surface area contributed by atoms with Crippen LogP contribution in [0.25, 0.3) is 0 Å². The van der Waals surface area contributed by atoms with Gasteiger partial charge in [-0.15, -0.1) is 0 Å². The number of carbonyl (C=O) groups is 2. The molecule has 2 heterocycles. The van der Waals surface area contributed by atoms with Crippen molar-refractivity contribution in [3.05, 3.63) is 22.3 Å². The third-order valence-corrected chi connectivity index (χ3v) is 5.48. The molecule has 1 aliphatic rings. The van der Waals surface area contributed by atoms with Crippen LogP contribution in [-0.4, -0.2) is 45.4 Å². The first-order chi connectivity index (χ1) is 10.7. The van der Waals surface area contributed by atoms with Gasteiger partial charge in [-0.25, -0.2) is 9.78 Å². The highest BCUT2D eigenvalue weighted by atomic mass is 35.5. The van der Waals surface area contributed by atoms with Crippen LogP contribution in [0.2, 0.25) is 30.8 Å². The number of aromatic nitrogens is 1. The van der Waals surface area contributed by atoms with E-state index in [1.165, 1.54) is 18.1 Å². The van der Waals surface area contributed by atoms with Crippen molar-refractivity contribution in [2.45, 2.75) is 32.1 Å². The molecule has 0 unspecified atom stereocenters. The fraction of sp³-hybridized carbons (Fsp3) is 0.533. The number of methoxy groups -OCH3 is 1. The van der Waals surface area contributed by atoms with Gasteiger partial charge in [0.15, 0.2) is 0 Å². The van der Waals surface area contributed by atoms with E-state index in [0.717, 1.165) is 6.04 Å². The fourth-order valence-electron chi connectivity index (χ4n) is 2.25. The number of halogens is 1. The maximum absolute atomic E-state index is 12.2. The highest BCUT2D eigenvalue weighted by molar-refractivity contribution is 6.76. The number of ether oxygens (including phenoxy) is 2. The first kappa shape index (κ1) is 17.9. The van der Waals surface area contributed by atoms with Crippen molar-refractivity contribution in [3.8, 4) is 0 Å². The van der Waals surface area contributed by atoms with Crippen LogP contribution in [0.4, 0.5) is 5.82 Å². The molecule has 0 fully saturated rings. The van der Waals surface area contributed by atoms with Crippen LogP contribution >= 0.6 is 11.6 Å². The molecule has 0 spiro atoms. The average Bonchev–Trinajstić information content (AvgIpc) is 2.77. The molecular weight excluding hydrogens is 336 g/mol. The van der Waals surface area contributed by atoms with Gasteiger partial charge in [-0.05, 0) is 12.1 Å². The lowest BCUT2D eigenvalue weighted by atomic mass is 10.1. The Morgan fingerprint density at radius 1 is 1.43 bits per heavy atom. The van der Waals surface area contributed by atoms with Gasteiger partial charge in [0.05, 0.1) is 19.1 Å². The summed E-state index contributed by atoms with van der Waals surface area (Å²) in [5.41, 5.74) is 0.820. The van der Waals surface area contributed by atoms with Crippen molar-refractivity contribution in [2.24, 2.45) is 0 Å². The van der Waals surface area contributed by atoms with Crippen molar-refractivity contribution in [1.82, 2.24) is 4.98 Å². The average molecular weight is 357 g/mol. The quantitative estimate of drug-likeness (QED) is 0.339. The molecule has 0 aromatic carbocycles. The number of esters is 1. The second-order valence-electron chi connectivity index (χ2n) is 6.63. The van der Waals surface area contributed by atoms with Gasteiger partial charge in [0, 0.05) is 20.2 Å². The Morgan fingerprint density at radius 2 is 2.13 bits per heavy atom. The van der Waals surface area contributed by atoms with E-state index < -0.39 is 14.0 Å². The molecule has 0 aliphatic carbocycles. The summed E-state index contributed by atoms with van der Waals surface area (Å²) in [5.74, 6) is -0.302. The van der Waals surface area contributed by atoms with E-state index in [2.05, 4.69) is 24.6 Å². The molecule has 2 rings (SSSR count). The lowest BCUT2D eigenvalue weighted by Crippen LogP contribution is -2.31. The number of carbonyl (C=O) groups excluding carboxylic acids is 2. The highest BCUT2D eigenvalue weighted by Crippen LogP contribution is 2.32. The third-order valence-electron chi connectivity index (χ3n) is 3.58. The van der Waals surface area contributed by atoms with E-state index in [1.54, 1.807) is 0 Å². The highest BCUT2D eigenvalue weighted by Gasteiger charge is 2.33. The molecule has 1 aromatic heterocycles. The molecule has 1 amide bonds. The van der Waals surface area contributed by atoms with Crippen LogP contribution in [0.15, 0.2) is 6.07 Å². The Bertz CT molecular complexity index is 631. The van der Waals surface area contributed by atoms with Crippen LogP contribution < -0.4 is 4.90 Å². The molecule has 126 valence electrons. The first-order valence-corrected chi connectivity index (χ1v) is 11.5. The van der Waals surface area contributed by atoms with Crippen molar-refractivity contribution in [1.29, 1.82) is 0 Å². The summed E-state index contributed by atoms with van der Waals surface area (Å²) in [6.45, 7) is 7.49. The largest absolute Gasteiger partial charge is 0.465 e. The molecule has 0 saturated heterocycles. The molecule has 1 aliphatic heterocycles. The topological polar surface area (TPSA) is 68.7 Å². The molecule has 8 heteroatoms. The predicted molar refractivity (Wildman–Crippen MR) is 90.7 cm³/mol. The minimum atomic E-state index is -1.19. The minimum absolute atomic E-state index is 0.0985. The van der Waals surface area contributed by atoms with Gasteiger partial charge < -0.3 is 9.47 Å². The minimum Gasteiger partial charge on any atom is -0.465 e. The predicted octanol–water partition coefficient (Wildman–Crippen LogP) is 2.72. The summed E-state index contributed by atoms with van der Waals surface area (Å²) < 4.78 is 10.4. The van der Waals surface area contributed by atoms with Crippen molar-refractivity contribution >= 4 is 37.4 Å². The lowest BCUT2D eigenvalue weighted by Gasteiger charge is -2.19. The van der Waals surface area contributed by atoms with E-state index in [9.17, 15) is 9.59 Å². The summed E-state index contributed by atoms with van der Waals surface area (Å²) >= 11 is 5.97. The number of rotatable bonds is 6. The second-order valence-corrected chi connectivity index (χ2v) is 12.6. The standard InChI is InChI=1S/C15H21ClN2O4Si/c1-21-15(20)11-7-12(16)17-14-10(11)8-13(19)18(14)9-22-5-6-23(2,3)4/h7H,5-6,8-9H2,1-4H3. The van der Waals surface area contributed by atoms with Crippen LogP contribution in [-0.2, 0) is 20.7 Å². The number of hydrogen-bond acceptors (Lipinski definition) is 5. The molecule has 0 atom stereocenters. The van der Waals surface area contributed by atoms with E-state index in [1.807, 2.05) is 0 Å². The van der Waals surface area contributed by atoms with Gasteiger partial charge in [0.25, 0.3) is 0 Å². The Morgan fingerprint density at radius 3 is 2.74 bits per heavy atom. The van der Waals surface area contributed by atoms with Gasteiger partial charge in [0.2, 0.25) is 5.91 Å². The normalized spacial score (nSPS) is 14.1. The zero-order valence-corrected chi connectivity index (χ0v) is 15.6. The number of amides is 1. The van der Waals surface area contributed by atoms with Crippen LogP contribution in [0.5, 0.6) is 0 Å². The van der Waals surface area contributed by atoms with Crippen molar-refractivity contribution < 1.29 is 19.1 Å². The zero-order valence-electron chi connectivity index (χ0n) is 13.8. The van der Waals surface area contributed by atoms with Gasteiger partial charge in [-0.1, -0.05) is 31.2 Å². The summed E-state index contributed by atoms with van der Waals surface area (Å²) in [7, 11) is 0.102. The summed E-state index contributed by atoms with van der Waals surface area (Å²) in [6, 6.07) is 2.44. The third kappa shape index (κ3) is 4.30. The molecule has 23 heavy (non-hydrogen) atoms. The molecule has 0 N–H and O–H groups in total. The SMILES string of the molecule is COC(=O)c1cc(Cl)nc2c1CC(=O)N2COCC[Si](C)(C)C. The van der Waals surface area contributed by atoms with Crippen molar-refractivity contribution in [2.75, 3.05) is 25.3 Å². The second kappa shape index (κ2) is 6.98. The van der Waals surface area contributed by atoms with E-state index >= 15 is 0 Å². The molecule has 0 bridgehead atoms. The van der Waals surface area contributed by atoms with Crippen molar-refractivity contribution in [3.63, 3.8) is 0 Å². The Balaban J connectivity index is 2.16. The van der Waals surface area contributed by atoms with E-state index in [0.29, 0.717) is 18.0 Å². The Labute approximate surface area is 141 Å². The monoisotopic (exact) mass is 356 g/mol. The number of nitrogens with zero attached hydrogens (tertiary/aromatic N) is 2. The zero-order chi connectivity index (χ0) is 17.2. The van der Waals surface area contributed by atoms with E-state index in [4.69, 9.17) is 21.1 Å². The molecule has 1 aromatic rings. The Hall–Kier alpha value is -1.44. The number of pyridine rings is 1. The smallest absolute Gasteiger partial charge is 0.338 e. The lowest BCUT2D eigenvalue weighted by molar-refractivity contribution is -0.118. The summed E-state index contributed by atoms with van der Waals surface area (Å²) in [4.78, 5) is 29.7. The van der Waals surface area contributed by atoms with Gasteiger partial charge in [0.1, 0.15) is 17.7 Å². The number of anilines is 1. The van der Waals surface area contributed by atoms with Crippen LogP contribution in [0, 0.1) is 0 Å². The van der Waals surface area contributed by atoms with Gasteiger partial charge in [-0.3, -0.25) is 9.69 Å². The molecule has 0 saturated carbocycles. The van der Waals surface area contributed by atoms with Crippen LogP contribution in [0.1, 0.15) is 15.9 Å². The molecule has 0 radical (unpaired) electrons. The number of fused-ring (bicyclic) bond motifs is 1. The Kier molecular flexibility index (Phi) is 5.44. The van der Waals surface area contributed by atoms with Gasteiger partial charge in [-0.2, -0.15) is 0 Å². The molecular formula is C15H21ClN2O4Si.